The summed E-state index contributed by atoms with van der Waals surface area (Å²) in [6.07, 6.45) is 3.58. The van der Waals surface area contributed by atoms with Crippen LogP contribution in [0.4, 0.5) is 5.95 Å². The largest absolute Gasteiger partial charge is 0.501 e. The standard InChI is InChI=1S/C16H20N4O2/c1-4-17-16-18-10(3)12-8-13(11-6-7-22-9-11)15(21)20(5-2)14(12)19-16/h6-8,11H,4-5,9H2,1-3H3,(H,17,18,19). The van der Waals surface area contributed by atoms with Crippen molar-refractivity contribution in [3.63, 3.8) is 0 Å². The quantitative estimate of drug-likeness (QED) is 0.937. The molecule has 2 aromatic rings. The summed E-state index contributed by atoms with van der Waals surface area (Å²) in [5.74, 6) is 0.563. The molecule has 1 N–H and O–H groups in total. The van der Waals surface area contributed by atoms with Crippen LogP contribution in [0.2, 0.25) is 0 Å². The summed E-state index contributed by atoms with van der Waals surface area (Å²) >= 11 is 0. The van der Waals surface area contributed by atoms with Gasteiger partial charge in [-0.15, -0.1) is 0 Å². The Balaban J connectivity index is 2.28. The van der Waals surface area contributed by atoms with E-state index in [2.05, 4.69) is 15.3 Å². The summed E-state index contributed by atoms with van der Waals surface area (Å²) in [5.41, 5.74) is 2.29. The van der Waals surface area contributed by atoms with E-state index in [0.29, 0.717) is 24.7 Å². The molecule has 1 unspecified atom stereocenters. The van der Waals surface area contributed by atoms with E-state index in [1.165, 1.54) is 0 Å². The number of aryl methyl sites for hydroxylation is 2. The maximum atomic E-state index is 12.8. The van der Waals surface area contributed by atoms with Gasteiger partial charge in [-0.2, -0.15) is 4.98 Å². The highest BCUT2D eigenvalue weighted by Crippen LogP contribution is 2.24. The first-order valence-electron chi connectivity index (χ1n) is 7.60. The summed E-state index contributed by atoms with van der Waals surface area (Å²) in [6, 6.07) is 1.92. The average molecular weight is 300 g/mol. The van der Waals surface area contributed by atoms with Crippen molar-refractivity contribution in [1.82, 2.24) is 14.5 Å². The van der Waals surface area contributed by atoms with Crippen LogP contribution in [-0.2, 0) is 11.3 Å². The molecule has 1 aliphatic heterocycles. The monoisotopic (exact) mass is 300 g/mol. The van der Waals surface area contributed by atoms with E-state index >= 15 is 0 Å². The fraction of sp³-hybridized carbons (Fsp3) is 0.438. The molecule has 0 saturated carbocycles. The Morgan fingerprint density at radius 1 is 1.41 bits per heavy atom. The van der Waals surface area contributed by atoms with Crippen LogP contribution in [0, 0.1) is 6.92 Å². The van der Waals surface area contributed by atoms with Gasteiger partial charge in [-0.25, -0.2) is 4.98 Å². The summed E-state index contributed by atoms with van der Waals surface area (Å²) in [6.45, 7) is 7.72. The van der Waals surface area contributed by atoms with Gasteiger partial charge in [0.1, 0.15) is 5.65 Å². The number of fused-ring (bicyclic) bond motifs is 1. The molecule has 6 heteroatoms. The number of nitrogens with one attached hydrogen (secondary N) is 1. The van der Waals surface area contributed by atoms with Crippen LogP contribution in [0.3, 0.4) is 0 Å². The molecule has 0 aliphatic carbocycles. The molecule has 0 bridgehead atoms. The molecule has 0 spiro atoms. The third kappa shape index (κ3) is 2.34. The van der Waals surface area contributed by atoms with Gasteiger partial charge in [0.15, 0.2) is 0 Å². The second kappa shape index (κ2) is 5.79. The molecule has 0 saturated heterocycles. The van der Waals surface area contributed by atoms with E-state index in [-0.39, 0.29) is 11.5 Å². The number of rotatable bonds is 4. The molecule has 0 radical (unpaired) electrons. The van der Waals surface area contributed by atoms with Crippen LogP contribution in [0.1, 0.15) is 31.0 Å². The molecule has 0 fully saturated rings. The number of pyridine rings is 1. The van der Waals surface area contributed by atoms with Gasteiger partial charge < -0.3 is 10.1 Å². The zero-order chi connectivity index (χ0) is 15.7. The minimum absolute atomic E-state index is 0.00235. The van der Waals surface area contributed by atoms with E-state index in [1.54, 1.807) is 10.8 Å². The second-order valence-corrected chi connectivity index (χ2v) is 5.32. The van der Waals surface area contributed by atoms with Gasteiger partial charge in [0, 0.05) is 30.0 Å². The highest BCUT2D eigenvalue weighted by molar-refractivity contribution is 5.79. The Morgan fingerprint density at radius 3 is 2.86 bits per heavy atom. The number of ether oxygens (including phenoxy) is 1. The first-order valence-corrected chi connectivity index (χ1v) is 7.60. The van der Waals surface area contributed by atoms with Crippen LogP contribution < -0.4 is 10.9 Å². The highest BCUT2D eigenvalue weighted by Gasteiger charge is 2.21. The normalized spacial score (nSPS) is 17.0. The fourth-order valence-electron chi connectivity index (χ4n) is 2.77. The molecule has 1 aliphatic rings. The summed E-state index contributed by atoms with van der Waals surface area (Å²) in [5, 5.41) is 4.03. The summed E-state index contributed by atoms with van der Waals surface area (Å²) in [4.78, 5) is 21.8. The number of hydrogen-bond acceptors (Lipinski definition) is 5. The number of aromatic nitrogens is 3. The number of anilines is 1. The first-order chi connectivity index (χ1) is 10.7. The third-order valence-electron chi connectivity index (χ3n) is 3.90. The minimum atomic E-state index is -0.00398. The molecule has 1 atom stereocenters. The van der Waals surface area contributed by atoms with Crippen molar-refractivity contribution in [1.29, 1.82) is 0 Å². The summed E-state index contributed by atoms with van der Waals surface area (Å²) in [7, 11) is 0. The topological polar surface area (TPSA) is 69.0 Å². The Morgan fingerprint density at radius 2 is 2.23 bits per heavy atom. The Hall–Kier alpha value is -2.37. The molecule has 6 nitrogen and oxygen atoms in total. The maximum Gasteiger partial charge on any atom is 0.256 e. The van der Waals surface area contributed by atoms with E-state index in [9.17, 15) is 4.79 Å². The van der Waals surface area contributed by atoms with Crippen LogP contribution >= 0.6 is 0 Å². The Bertz CT molecular complexity index is 795. The molecule has 3 heterocycles. The van der Waals surface area contributed by atoms with Crippen molar-refractivity contribution in [2.45, 2.75) is 33.2 Å². The minimum Gasteiger partial charge on any atom is -0.501 e. The van der Waals surface area contributed by atoms with E-state index < -0.39 is 0 Å². The van der Waals surface area contributed by atoms with Crippen LogP contribution in [-0.4, -0.2) is 27.7 Å². The fourth-order valence-corrected chi connectivity index (χ4v) is 2.77. The van der Waals surface area contributed by atoms with E-state index in [4.69, 9.17) is 4.74 Å². The van der Waals surface area contributed by atoms with Crippen molar-refractivity contribution < 1.29 is 4.74 Å². The molecule has 116 valence electrons. The van der Waals surface area contributed by atoms with Crippen molar-refractivity contribution in [3.8, 4) is 0 Å². The predicted molar refractivity (Wildman–Crippen MR) is 86.2 cm³/mol. The maximum absolute atomic E-state index is 12.8. The van der Waals surface area contributed by atoms with Gasteiger partial charge in [0.25, 0.3) is 5.56 Å². The van der Waals surface area contributed by atoms with Gasteiger partial charge in [-0.1, -0.05) is 0 Å². The van der Waals surface area contributed by atoms with Crippen LogP contribution in [0.5, 0.6) is 0 Å². The number of nitrogens with zero attached hydrogens (tertiary/aromatic N) is 3. The van der Waals surface area contributed by atoms with Crippen molar-refractivity contribution in [2.75, 3.05) is 18.5 Å². The van der Waals surface area contributed by atoms with Crippen molar-refractivity contribution in [3.05, 3.63) is 40.0 Å². The van der Waals surface area contributed by atoms with E-state index in [1.807, 2.05) is 32.9 Å². The van der Waals surface area contributed by atoms with Crippen LogP contribution in [0.25, 0.3) is 11.0 Å². The van der Waals surface area contributed by atoms with Gasteiger partial charge in [-0.05, 0) is 32.9 Å². The van der Waals surface area contributed by atoms with Gasteiger partial charge in [0.2, 0.25) is 5.95 Å². The highest BCUT2D eigenvalue weighted by atomic mass is 16.5. The smallest absolute Gasteiger partial charge is 0.256 e. The lowest BCUT2D eigenvalue weighted by atomic mass is 10.0. The van der Waals surface area contributed by atoms with Gasteiger partial charge in [-0.3, -0.25) is 9.36 Å². The Kier molecular flexibility index (Phi) is 3.83. The predicted octanol–water partition coefficient (Wildman–Crippen LogP) is 2.18. The Labute approximate surface area is 128 Å². The molecule has 0 aromatic carbocycles. The van der Waals surface area contributed by atoms with Gasteiger partial charge >= 0.3 is 0 Å². The molecule has 0 amide bonds. The molecule has 2 aromatic heterocycles. The second-order valence-electron chi connectivity index (χ2n) is 5.32. The van der Waals surface area contributed by atoms with Gasteiger partial charge in [0.05, 0.1) is 18.6 Å². The zero-order valence-electron chi connectivity index (χ0n) is 13.1. The van der Waals surface area contributed by atoms with Crippen molar-refractivity contribution >= 4 is 17.0 Å². The third-order valence-corrected chi connectivity index (χ3v) is 3.90. The molecule has 22 heavy (non-hydrogen) atoms. The SMILES string of the molecule is CCNc1nc(C)c2cc(C3C=COC3)c(=O)n(CC)c2n1. The number of hydrogen-bond donors (Lipinski definition) is 1. The van der Waals surface area contributed by atoms with Crippen LogP contribution in [0.15, 0.2) is 23.2 Å². The zero-order valence-corrected chi connectivity index (χ0v) is 13.1. The lowest BCUT2D eigenvalue weighted by Crippen LogP contribution is -2.26. The lowest BCUT2D eigenvalue weighted by molar-refractivity contribution is 0.269. The first kappa shape index (κ1) is 14.6. The average Bonchev–Trinajstić information content (AvgIpc) is 3.01. The molecular weight excluding hydrogens is 280 g/mol. The van der Waals surface area contributed by atoms with Crippen molar-refractivity contribution in [2.24, 2.45) is 0 Å². The lowest BCUT2D eigenvalue weighted by Gasteiger charge is -2.15. The molecular formula is C16H20N4O2. The molecule has 3 rings (SSSR count). The van der Waals surface area contributed by atoms with E-state index in [0.717, 1.165) is 23.2 Å². The summed E-state index contributed by atoms with van der Waals surface area (Å²) < 4.78 is 6.98.